The zero-order valence-corrected chi connectivity index (χ0v) is 15.0. The number of nitrogens with one attached hydrogen (secondary N) is 2. The fourth-order valence-electron chi connectivity index (χ4n) is 2.96. The van der Waals surface area contributed by atoms with E-state index in [1.165, 1.54) is 6.42 Å². The summed E-state index contributed by atoms with van der Waals surface area (Å²) in [6, 6.07) is 6.73. The van der Waals surface area contributed by atoms with Gasteiger partial charge in [0.2, 0.25) is 11.8 Å². The van der Waals surface area contributed by atoms with Crippen molar-refractivity contribution in [2.24, 2.45) is 11.7 Å². The van der Waals surface area contributed by atoms with Gasteiger partial charge in [-0.15, -0.1) is 12.4 Å². The lowest BCUT2D eigenvalue weighted by molar-refractivity contribution is -0.120. The van der Waals surface area contributed by atoms with Crippen molar-refractivity contribution < 1.29 is 9.59 Å². The van der Waals surface area contributed by atoms with E-state index in [-0.39, 0.29) is 30.1 Å². The molecule has 0 aliphatic heterocycles. The molecule has 2 amide bonds. The standard InChI is InChI=1S/C18H27N3O2.ClH/c1-2-7-16(19)18(23)21-15-11-6-10-14(12-15)20-17(22)13-8-4-3-5-9-13;/h6,10-13,16H,2-5,7-9,19H2,1H3,(H,20,22)(H,21,23);1H. The molecule has 1 aromatic carbocycles. The summed E-state index contributed by atoms with van der Waals surface area (Å²) in [4.78, 5) is 24.2. The first-order valence-electron chi connectivity index (χ1n) is 8.57. The van der Waals surface area contributed by atoms with E-state index >= 15 is 0 Å². The largest absolute Gasteiger partial charge is 0.326 e. The predicted molar refractivity (Wildman–Crippen MR) is 100 cm³/mol. The van der Waals surface area contributed by atoms with Gasteiger partial charge in [-0.2, -0.15) is 0 Å². The third-order valence-electron chi connectivity index (χ3n) is 4.31. The van der Waals surface area contributed by atoms with Crippen LogP contribution >= 0.6 is 12.4 Å². The van der Waals surface area contributed by atoms with Crippen molar-refractivity contribution in [3.63, 3.8) is 0 Å². The minimum Gasteiger partial charge on any atom is -0.326 e. The summed E-state index contributed by atoms with van der Waals surface area (Å²) in [5.41, 5.74) is 7.18. The number of carbonyl (C=O) groups excluding carboxylic acids is 2. The third kappa shape index (κ3) is 6.13. The van der Waals surface area contributed by atoms with E-state index in [1.807, 2.05) is 19.1 Å². The van der Waals surface area contributed by atoms with E-state index in [9.17, 15) is 9.59 Å². The minimum atomic E-state index is -0.500. The van der Waals surface area contributed by atoms with Crippen molar-refractivity contribution in [3.05, 3.63) is 24.3 Å². The number of nitrogens with two attached hydrogens (primary N) is 1. The van der Waals surface area contributed by atoms with Crippen LogP contribution in [0, 0.1) is 5.92 Å². The Morgan fingerprint density at radius 2 is 1.79 bits per heavy atom. The van der Waals surface area contributed by atoms with Gasteiger partial charge in [-0.05, 0) is 37.5 Å². The SMILES string of the molecule is CCCC(N)C(=O)Nc1cccc(NC(=O)C2CCCCC2)c1.Cl. The van der Waals surface area contributed by atoms with Gasteiger partial charge in [0, 0.05) is 17.3 Å². The van der Waals surface area contributed by atoms with Crippen LogP contribution in [0.15, 0.2) is 24.3 Å². The fraction of sp³-hybridized carbons (Fsp3) is 0.556. The molecule has 4 N–H and O–H groups in total. The monoisotopic (exact) mass is 353 g/mol. The molecule has 134 valence electrons. The molecule has 6 heteroatoms. The molecule has 1 aromatic rings. The van der Waals surface area contributed by atoms with Crippen LogP contribution in [0.2, 0.25) is 0 Å². The van der Waals surface area contributed by atoms with Gasteiger partial charge in [0.1, 0.15) is 0 Å². The topological polar surface area (TPSA) is 84.2 Å². The van der Waals surface area contributed by atoms with Crippen LogP contribution in [0.3, 0.4) is 0 Å². The minimum absolute atomic E-state index is 0. The van der Waals surface area contributed by atoms with Crippen LogP contribution in [0.4, 0.5) is 11.4 Å². The molecule has 0 radical (unpaired) electrons. The second-order valence-corrected chi connectivity index (χ2v) is 6.29. The lowest BCUT2D eigenvalue weighted by atomic mass is 9.88. The summed E-state index contributed by atoms with van der Waals surface area (Å²) < 4.78 is 0. The van der Waals surface area contributed by atoms with Gasteiger partial charge >= 0.3 is 0 Å². The number of rotatable bonds is 6. The maximum atomic E-state index is 12.3. The average molecular weight is 354 g/mol. The number of hydrogen-bond acceptors (Lipinski definition) is 3. The van der Waals surface area contributed by atoms with Gasteiger partial charge in [0.05, 0.1) is 6.04 Å². The van der Waals surface area contributed by atoms with E-state index < -0.39 is 6.04 Å². The van der Waals surface area contributed by atoms with Crippen molar-refractivity contribution in [1.82, 2.24) is 0 Å². The molecule has 5 nitrogen and oxygen atoms in total. The molecule has 1 fully saturated rings. The second kappa shape index (κ2) is 10.3. The Morgan fingerprint density at radius 1 is 1.17 bits per heavy atom. The highest BCUT2D eigenvalue weighted by molar-refractivity contribution is 5.96. The molecule has 0 aromatic heterocycles. The van der Waals surface area contributed by atoms with Crippen molar-refractivity contribution in [3.8, 4) is 0 Å². The van der Waals surface area contributed by atoms with Crippen LogP contribution in [0.25, 0.3) is 0 Å². The first-order valence-corrected chi connectivity index (χ1v) is 8.57. The van der Waals surface area contributed by atoms with Gasteiger partial charge in [-0.1, -0.05) is 38.7 Å². The summed E-state index contributed by atoms with van der Waals surface area (Å²) in [6.07, 6.45) is 6.94. The van der Waals surface area contributed by atoms with E-state index in [0.717, 1.165) is 32.1 Å². The Kier molecular flexibility index (Phi) is 8.79. The van der Waals surface area contributed by atoms with Crippen molar-refractivity contribution >= 4 is 35.6 Å². The molecule has 1 aliphatic carbocycles. The van der Waals surface area contributed by atoms with Gasteiger partial charge in [-0.25, -0.2) is 0 Å². The van der Waals surface area contributed by atoms with Crippen LogP contribution in [-0.4, -0.2) is 17.9 Å². The number of carbonyl (C=O) groups is 2. The summed E-state index contributed by atoms with van der Waals surface area (Å²) in [5.74, 6) is -0.00144. The zero-order valence-electron chi connectivity index (χ0n) is 14.2. The zero-order chi connectivity index (χ0) is 16.7. The summed E-state index contributed by atoms with van der Waals surface area (Å²) in [6.45, 7) is 1.99. The number of benzene rings is 1. The number of amides is 2. The Balaban J connectivity index is 0.00000288. The number of halogens is 1. The van der Waals surface area contributed by atoms with E-state index in [2.05, 4.69) is 10.6 Å². The molecule has 2 rings (SSSR count). The van der Waals surface area contributed by atoms with Crippen LogP contribution < -0.4 is 16.4 Å². The van der Waals surface area contributed by atoms with E-state index in [0.29, 0.717) is 17.8 Å². The highest BCUT2D eigenvalue weighted by Gasteiger charge is 2.21. The van der Waals surface area contributed by atoms with Crippen LogP contribution in [0.5, 0.6) is 0 Å². The first-order chi connectivity index (χ1) is 11.1. The molecule has 0 saturated heterocycles. The van der Waals surface area contributed by atoms with E-state index in [4.69, 9.17) is 5.73 Å². The van der Waals surface area contributed by atoms with Crippen molar-refractivity contribution in [1.29, 1.82) is 0 Å². The summed E-state index contributed by atoms with van der Waals surface area (Å²) >= 11 is 0. The Labute approximate surface area is 150 Å². The van der Waals surface area contributed by atoms with Gasteiger partial charge < -0.3 is 16.4 Å². The average Bonchev–Trinajstić information content (AvgIpc) is 2.56. The Morgan fingerprint density at radius 3 is 2.42 bits per heavy atom. The summed E-state index contributed by atoms with van der Waals surface area (Å²) in [7, 11) is 0. The molecule has 0 spiro atoms. The summed E-state index contributed by atoms with van der Waals surface area (Å²) in [5, 5.41) is 5.76. The molecule has 1 aliphatic rings. The van der Waals surface area contributed by atoms with Crippen molar-refractivity contribution in [2.45, 2.75) is 57.9 Å². The van der Waals surface area contributed by atoms with Gasteiger partial charge in [0.15, 0.2) is 0 Å². The number of hydrogen-bond donors (Lipinski definition) is 3. The maximum absolute atomic E-state index is 12.3. The van der Waals surface area contributed by atoms with Crippen molar-refractivity contribution in [2.75, 3.05) is 10.6 Å². The van der Waals surface area contributed by atoms with Crippen LogP contribution in [0.1, 0.15) is 51.9 Å². The molecule has 1 saturated carbocycles. The highest BCUT2D eigenvalue weighted by atomic mass is 35.5. The van der Waals surface area contributed by atoms with Gasteiger partial charge in [0.25, 0.3) is 0 Å². The predicted octanol–water partition coefficient (Wildman–Crippen LogP) is 3.69. The van der Waals surface area contributed by atoms with E-state index in [1.54, 1.807) is 12.1 Å². The fourth-order valence-corrected chi connectivity index (χ4v) is 2.96. The van der Waals surface area contributed by atoms with Gasteiger partial charge in [-0.3, -0.25) is 9.59 Å². The molecular formula is C18H28ClN3O2. The lowest BCUT2D eigenvalue weighted by Crippen LogP contribution is -2.35. The highest BCUT2D eigenvalue weighted by Crippen LogP contribution is 2.25. The Bertz CT molecular complexity index is 545. The number of anilines is 2. The smallest absolute Gasteiger partial charge is 0.241 e. The molecule has 24 heavy (non-hydrogen) atoms. The second-order valence-electron chi connectivity index (χ2n) is 6.29. The quantitative estimate of drug-likeness (QED) is 0.729. The lowest BCUT2D eigenvalue weighted by Gasteiger charge is -2.21. The first kappa shape index (κ1) is 20.5. The molecular weight excluding hydrogens is 326 g/mol. The Hall–Kier alpha value is -1.59. The maximum Gasteiger partial charge on any atom is 0.241 e. The third-order valence-corrected chi connectivity index (χ3v) is 4.31. The molecule has 1 atom stereocenters. The molecule has 1 unspecified atom stereocenters. The molecule has 0 bridgehead atoms. The molecule has 0 heterocycles. The van der Waals surface area contributed by atoms with Crippen LogP contribution in [-0.2, 0) is 9.59 Å². The normalized spacial score (nSPS) is 15.9.